The van der Waals surface area contributed by atoms with Crippen LogP contribution in [-0.4, -0.2) is 64.4 Å². The van der Waals surface area contributed by atoms with Crippen molar-refractivity contribution >= 4 is 29.5 Å². The smallest absolute Gasteiger partial charge is 0.309 e. The summed E-state index contributed by atoms with van der Waals surface area (Å²) < 4.78 is 10.4. The van der Waals surface area contributed by atoms with Crippen LogP contribution in [-0.2, 0) is 14.3 Å². The first-order valence-corrected chi connectivity index (χ1v) is 11.0. The number of likely N-dealkylation sites (tertiary alicyclic amines) is 1. The van der Waals surface area contributed by atoms with Crippen LogP contribution in [0.5, 0.6) is 0 Å². The quantitative estimate of drug-likeness (QED) is 0.674. The monoisotopic (exact) mass is 408 g/mol. The zero-order chi connectivity index (χ0) is 20.1. The molecule has 2 amide bonds. The first-order valence-electron chi connectivity index (χ1n) is 10.00. The molecule has 0 spiro atoms. The van der Waals surface area contributed by atoms with Crippen LogP contribution in [0.2, 0.25) is 0 Å². The summed E-state index contributed by atoms with van der Waals surface area (Å²) in [7, 11) is 0. The number of carbonyl (C=O) groups excluding carboxylic acids is 3. The zero-order valence-electron chi connectivity index (χ0n) is 16.5. The first-order chi connectivity index (χ1) is 13.6. The predicted octanol–water partition coefficient (Wildman–Crippen LogP) is 2.77. The topological polar surface area (TPSA) is 80.1 Å². The number of amides is 2. The molecule has 2 aliphatic heterocycles. The van der Waals surface area contributed by atoms with Gasteiger partial charge in [0.15, 0.2) is 5.76 Å². The number of carbonyl (C=O) groups is 3. The summed E-state index contributed by atoms with van der Waals surface area (Å²) in [4.78, 5) is 41.6. The van der Waals surface area contributed by atoms with Gasteiger partial charge in [-0.3, -0.25) is 14.4 Å². The molecule has 0 N–H and O–H groups in total. The van der Waals surface area contributed by atoms with E-state index in [2.05, 4.69) is 6.92 Å². The zero-order valence-corrected chi connectivity index (χ0v) is 17.3. The fraction of sp³-hybridized carbons (Fsp3) is 0.650. The molecule has 0 aliphatic carbocycles. The van der Waals surface area contributed by atoms with Gasteiger partial charge in [0, 0.05) is 18.8 Å². The fourth-order valence-electron chi connectivity index (χ4n) is 3.83. The molecule has 2 atom stereocenters. The standard InChI is InChI=1S/C20H28N2O5S/c1-3-6-17-22(19(24)16-7-5-12-27-16)15(13-28-17)18(23)21-10-8-14(9-11-21)20(25)26-4-2/h5,7,12,14-15,17H,3-4,6,8-11,13H2,1-2H3. The van der Waals surface area contributed by atoms with Crippen molar-refractivity contribution in [3.8, 4) is 0 Å². The number of rotatable bonds is 6. The molecule has 2 unspecified atom stereocenters. The minimum atomic E-state index is -0.488. The molecule has 2 saturated heterocycles. The third-order valence-corrected chi connectivity index (χ3v) is 6.66. The molecular formula is C20H28N2O5S. The summed E-state index contributed by atoms with van der Waals surface area (Å²) in [5.41, 5.74) is 0. The average Bonchev–Trinajstić information content (AvgIpc) is 3.38. The summed E-state index contributed by atoms with van der Waals surface area (Å²) in [5.74, 6) is 0.275. The summed E-state index contributed by atoms with van der Waals surface area (Å²) >= 11 is 1.65. The fourth-order valence-corrected chi connectivity index (χ4v) is 5.34. The molecule has 0 saturated carbocycles. The van der Waals surface area contributed by atoms with Crippen molar-refractivity contribution in [2.45, 2.75) is 50.9 Å². The Balaban J connectivity index is 1.68. The molecule has 2 fully saturated rings. The van der Waals surface area contributed by atoms with E-state index in [1.165, 1.54) is 6.26 Å². The molecule has 3 heterocycles. The van der Waals surface area contributed by atoms with E-state index >= 15 is 0 Å². The second kappa shape index (κ2) is 9.49. The van der Waals surface area contributed by atoms with Crippen LogP contribution in [0.4, 0.5) is 0 Å². The molecule has 2 aliphatic rings. The lowest BCUT2D eigenvalue weighted by molar-refractivity contribution is -0.151. The van der Waals surface area contributed by atoms with Crippen LogP contribution in [0.15, 0.2) is 22.8 Å². The van der Waals surface area contributed by atoms with Gasteiger partial charge in [0.25, 0.3) is 5.91 Å². The van der Waals surface area contributed by atoms with Gasteiger partial charge in [0.2, 0.25) is 5.91 Å². The van der Waals surface area contributed by atoms with Crippen LogP contribution >= 0.6 is 11.8 Å². The van der Waals surface area contributed by atoms with E-state index in [0.29, 0.717) is 38.3 Å². The summed E-state index contributed by atoms with van der Waals surface area (Å²) in [6, 6.07) is 2.83. The molecule has 7 nitrogen and oxygen atoms in total. The number of thioether (sulfide) groups is 1. The van der Waals surface area contributed by atoms with E-state index < -0.39 is 6.04 Å². The SMILES string of the molecule is CCCC1SCC(C(=O)N2CCC(C(=O)OCC)CC2)N1C(=O)c1ccco1. The van der Waals surface area contributed by atoms with E-state index in [-0.39, 0.29) is 34.8 Å². The molecule has 8 heteroatoms. The van der Waals surface area contributed by atoms with Crippen molar-refractivity contribution in [3.05, 3.63) is 24.2 Å². The highest BCUT2D eigenvalue weighted by Crippen LogP contribution is 2.35. The van der Waals surface area contributed by atoms with Crippen LogP contribution in [0.3, 0.4) is 0 Å². The lowest BCUT2D eigenvalue weighted by atomic mass is 9.96. The van der Waals surface area contributed by atoms with E-state index in [1.54, 1.807) is 40.6 Å². The molecule has 154 valence electrons. The van der Waals surface area contributed by atoms with Crippen molar-refractivity contribution in [1.82, 2.24) is 9.80 Å². The summed E-state index contributed by atoms with van der Waals surface area (Å²) in [6.45, 7) is 5.28. The van der Waals surface area contributed by atoms with Crippen molar-refractivity contribution in [1.29, 1.82) is 0 Å². The Morgan fingerprint density at radius 2 is 2.00 bits per heavy atom. The number of furan rings is 1. The van der Waals surface area contributed by atoms with E-state index in [9.17, 15) is 14.4 Å². The maximum Gasteiger partial charge on any atom is 0.309 e. The number of nitrogens with zero attached hydrogens (tertiary/aromatic N) is 2. The van der Waals surface area contributed by atoms with E-state index in [0.717, 1.165) is 12.8 Å². The van der Waals surface area contributed by atoms with E-state index in [4.69, 9.17) is 9.15 Å². The lowest BCUT2D eigenvalue weighted by Gasteiger charge is -2.35. The first kappa shape index (κ1) is 20.8. The van der Waals surface area contributed by atoms with Crippen molar-refractivity contribution in [2.75, 3.05) is 25.4 Å². The van der Waals surface area contributed by atoms with Crippen molar-refractivity contribution in [3.63, 3.8) is 0 Å². The molecule has 1 aromatic heterocycles. The van der Waals surface area contributed by atoms with Crippen LogP contribution in [0.1, 0.15) is 50.1 Å². The number of piperidine rings is 1. The Hall–Kier alpha value is -1.96. The lowest BCUT2D eigenvalue weighted by Crippen LogP contribution is -2.53. The number of hydrogen-bond donors (Lipinski definition) is 0. The highest BCUT2D eigenvalue weighted by atomic mass is 32.2. The Labute approximate surface area is 169 Å². The molecule has 28 heavy (non-hydrogen) atoms. The minimum Gasteiger partial charge on any atom is -0.466 e. The van der Waals surface area contributed by atoms with Gasteiger partial charge >= 0.3 is 5.97 Å². The third kappa shape index (κ3) is 4.37. The largest absolute Gasteiger partial charge is 0.466 e. The second-order valence-electron chi connectivity index (χ2n) is 7.13. The van der Waals surface area contributed by atoms with E-state index in [1.807, 2.05) is 0 Å². The molecule has 0 aromatic carbocycles. The number of ether oxygens (including phenoxy) is 1. The Bertz CT molecular complexity index is 685. The molecule has 0 radical (unpaired) electrons. The maximum atomic E-state index is 13.2. The maximum absolute atomic E-state index is 13.2. The van der Waals surface area contributed by atoms with Gasteiger partial charge in [-0.15, -0.1) is 11.8 Å². The predicted molar refractivity (Wildman–Crippen MR) is 106 cm³/mol. The Morgan fingerprint density at radius 3 is 2.61 bits per heavy atom. The van der Waals surface area contributed by atoms with Crippen LogP contribution in [0, 0.1) is 5.92 Å². The van der Waals surface area contributed by atoms with Crippen LogP contribution < -0.4 is 0 Å². The highest BCUT2D eigenvalue weighted by Gasteiger charge is 2.44. The molecular weight excluding hydrogens is 380 g/mol. The van der Waals surface area contributed by atoms with Gasteiger partial charge in [-0.25, -0.2) is 0 Å². The second-order valence-corrected chi connectivity index (χ2v) is 8.34. The highest BCUT2D eigenvalue weighted by molar-refractivity contribution is 8.00. The molecule has 0 bridgehead atoms. The van der Waals surface area contributed by atoms with Gasteiger partial charge < -0.3 is 19.0 Å². The Kier molecular flexibility index (Phi) is 7.04. The molecule has 1 aromatic rings. The average molecular weight is 409 g/mol. The van der Waals surface area contributed by atoms with Crippen molar-refractivity contribution < 1.29 is 23.5 Å². The van der Waals surface area contributed by atoms with Gasteiger partial charge in [-0.1, -0.05) is 13.3 Å². The van der Waals surface area contributed by atoms with Gasteiger partial charge in [-0.2, -0.15) is 0 Å². The summed E-state index contributed by atoms with van der Waals surface area (Å²) in [5, 5.41) is -0.0198. The van der Waals surface area contributed by atoms with Gasteiger partial charge in [0.05, 0.1) is 24.2 Å². The van der Waals surface area contributed by atoms with Crippen molar-refractivity contribution in [2.24, 2.45) is 5.92 Å². The molecule has 3 rings (SSSR count). The van der Waals surface area contributed by atoms with Gasteiger partial charge in [-0.05, 0) is 38.3 Å². The number of hydrogen-bond acceptors (Lipinski definition) is 6. The van der Waals surface area contributed by atoms with Gasteiger partial charge in [0.1, 0.15) is 6.04 Å². The normalized spacial score (nSPS) is 23.1. The van der Waals surface area contributed by atoms with Crippen LogP contribution in [0.25, 0.3) is 0 Å². The minimum absolute atomic E-state index is 0.0198. The number of esters is 1. The summed E-state index contributed by atoms with van der Waals surface area (Å²) in [6.07, 6.45) is 4.46. The Morgan fingerprint density at radius 1 is 1.25 bits per heavy atom. The third-order valence-electron chi connectivity index (χ3n) is 5.31.